The first-order chi connectivity index (χ1) is 16.5. The number of carbonyl (C=O) groups excluding carboxylic acids is 2. The number of benzene rings is 3. The Morgan fingerprint density at radius 2 is 1.47 bits per heavy atom. The molecule has 0 aromatic heterocycles. The molecule has 7 nitrogen and oxygen atoms in total. The van der Waals surface area contributed by atoms with Gasteiger partial charge in [-0.2, -0.15) is 0 Å². The predicted octanol–water partition coefficient (Wildman–Crippen LogP) is 4.68. The second kappa shape index (κ2) is 10.6. The average Bonchev–Trinajstić information content (AvgIpc) is 2.88. The van der Waals surface area contributed by atoms with E-state index in [-0.39, 0.29) is 11.8 Å². The maximum atomic E-state index is 13.0. The van der Waals surface area contributed by atoms with Crippen molar-refractivity contribution >= 4 is 39.1 Å². The Morgan fingerprint density at radius 1 is 0.824 bits per heavy atom. The molecule has 0 aliphatic carbocycles. The molecule has 4 rings (SSSR count). The minimum absolute atomic E-state index is 0.0394. The maximum Gasteiger partial charge on any atom is 0.255 e. The summed E-state index contributed by atoms with van der Waals surface area (Å²) in [6.45, 7) is 2.66. The van der Waals surface area contributed by atoms with Gasteiger partial charge in [-0.15, -0.1) is 0 Å². The van der Waals surface area contributed by atoms with Crippen molar-refractivity contribution in [2.45, 2.75) is 0 Å². The molecule has 0 atom stereocenters. The standard InChI is InChI=1S/C26H26BrN3O4/c1-33-23-15-19(16-24(17-23)34-2)26(32)30-12-10-29(11-13-30)22-8-6-21(7-9-22)28-25(31)18-4-3-5-20(27)14-18/h3-9,14-17H,10-13H2,1-2H3,(H,28,31). The van der Waals surface area contributed by atoms with Crippen LogP contribution in [0.1, 0.15) is 20.7 Å². The largest absolute Gasteiger partial charge is 0.497 e. The Bertz CT molecular complexity index is 1150. The van der Waals surface area contributed by atoms with Gasteiger partial charge in [0.15, 0.2) is 0 Å². The van der Waals surface area contributed by atoms with Gasteiger partial charge in [0.1, 0.15) is 11.5 Å². The van der Waals surface area contributed by atoms with Gasteiger partial charge in [0.25, 0.3) is 11.8 Å². The Kier molecular flexibility index (Phi) is 7.37. The molecule has 176 valence electrons. The van der Waals surface area contributed by atoms with Crippen LogP contribution < -0.4 is 19.7 Å². The van der Waals surface area contributed by atoms with Crippen molar-refractivity contribution in [3.8, 4) is 11.5 Å². The van der Waals surface area contributed by atoms with Gasteiger partial charge >= 0.3 is 0 Å². The fourth-order valence-corrected chi connectivity index (χ4v) is 4.27. The molecule has 1 aliphatic rings. The van der Waals surface area contributed by atoms with Gasteiger partial charge in [-0.05, 0) is 54.6 Å². The highest BCUT2D eigenvalue weighted by atomic mass is 79.9. The highest BCUT2D eigenvalue weighted by Crippen LogP contribution is 2.25. The molecule has 3 aromatic rings. The molecule has 0 spiro atoms. The number of hydrogen-bond donors (Lipinski definition) is 1. The molecule has 1 aliphatic heterocycles. The number of hydrogen-bond acceptors (Lipinski definition) is 5. The van der Waals surface area contributed by atoms with Crippen LogP contribution >= 0.6 is 15.9 Å². The molecule has 2 amide bonds. The number of rotatable bonds is 6. The molecule has 0 radical (unpaired) electrons. The van der Waals surface area contributed by atoms with Crippen molar-refractivity contribution in [2.24, 2.45) is 0 Å². The van der Waals surface area contributed by atoms with Crippen LogP contribution in [0.4, 0.5) is 11.4 Å². The highest BCUT2D eigenvalue weighted by Gasteiger charge is 2.23. The van der Waals surface area contributed by atoms with Gasteiger partial charge in [0.2, 0.25) is 0 Å². The summed E-state index contributed by atoms with van der Waals surface area (Å²) in [5.74, 6) is 0.986. The van der Waals surface area contributed by atoms with Crippen LogP contribution in [0.3, 0.4) is 0 Å². The second-order valence-electron chi connectivity index (χ2n) is 7.89. The minimum Gasteiger partial charge on any atom is -0.497 e. The van der Waals surface area contributed by atoms with E-state index in [0.717, 1.165) is 28.9 Å². The summed E-state index contributed by atoms with van der Waals surface area (Å²) >= 11 is 3.39. The summed E-state index contributed by atoms with van der Waals surface area (Å²) in [4.78, 5) is 29.5. The van der Waals surface area contributed by atoms with Crippen molar-refractivity contribution in [1.82, 2.24) is 4.90 Å². The lowest BCUT2D eigenvalue weighted by atomic mass is 10.1. The molecule has 0 saturated carbocycles. The van der Waals surface area contributed by atoms with Gasteiger partial charge in [-0.1, -0.05) is 22.0 Å². The third-order valence-electron chi connectivity index (χ3n) is 5.74. The molecule has 0 bridgehead atoms. The van der Waals surface area contributed by atoms with Gasteiger partial charge in [-0.3, -0.25) is 9.59 Å². The number of piperazine rings is 1. The fraction of sp³-hybridized carbons (Fsp3) is 0.231. The molecule has 1 fully saturated rings. The van der Waals surface area contributed by atoms with Gasteiger partial charge in [-0.25, -0.2) is 0 Å². The zero-order valence-electron chi connectivity index (χ0n) is 19.1. The first-order valence-corrected chi connectivity index (χ1v) is 11.7. The molecule has 34 heavy (non-hydrogen) atoms. The molecule has 1 N–H and O–H groups in total. The first-order valence-electron chi connectivity index (χ1n) is 10.9. The Labute approximate surface area is 207 Å². The average molecular weight is 524 g/mol. The smallest absolute Gasteiger partial charge is 0.255 e. The summed E-state index contributed by atoms with van der Waals surface area (Å²) in [5, 5.41) is 2.92. The number of nitrogens with one attached hydrogen (secondary N) is 1. The van der Waals surface area contributed by atoms with Crippen molar-refractivity contribution in [2.75, 3.05) is 50.6 Å². The summed E-state index contributed by atoms with van der Waals surface area (Å²) in [5.41, 5.74) is 2.92. The van der Waals surface area contributed by atoms with E-state index in [0.29, 0.717) is 35.7 Å². The molecule has 8 heteroatoms. The van der Waals surface area contributed by atoms with E-state index in [4.69, 9.17) is 9.47 Å². The minimum atomic E-state index is -0.157. The van der Waals surface area contributed by atoms with Crippen LogP contribution in [0.2, 0.25) is 0 Å². The number of nitrogens with zero attached hydrogens (tertiary/aromatic N) is 2. The number of amides is 2. The van der Waals surface area contributed by atoms with Crippen molar-refractivity contribution in [3.63, 3.8) is 0 Å². The molecule has 1 heterocycles. The van der Waals surface area contributed by atoms with Crippen molar-refractivity contribution in [1.29, 1.82) is 0 Å². The highest BCUT2D eigenvalue weighted by molar-refractivity contribution is 9.10. The molecule has 0 unspecified atom stereocenters. The molecule has 1 saturated heterocycles. The SMILES string of the molecule is COc1cc(OC)cc(C(=O)N2CCN(c3ccc(NC(=O)c4cccc(Br)c4)cc3)CC2)c1. The third kappa shape index (κ3) is 5.51. The lowest BCUT2D eigenvalue weighted by Gasteiger charge is -2.36. The zero-order chi connectivity index (χ0) is 24.1. The van der Waals surface area contributed by atoms with Gasteiger partial charge < -0.3 is 24.6 Å². The fourth-order valence-electron chi connectivity index (χ4n) is 3.87. The van der Waals surface area contributed by atoms with E-state index in [9.17, 15) is 9.59 Å². The lowest BCUT2D eigenvalue weighted by molar-refractivity contribution is 0.0746. The summed E-state index contributed by atoms with van der Waals surface area (Å²) < 4.78 is 11.4. The molecular formula is C26H26BrN3O4. The first kappa shape index (κ1) is 23.6. The number of carbonyl (C=O) groups is 2. The summed E-state index contributed by atoms with van der Waals surface area (Å²) in [6, 6.07) is 20.3. The molecule has 3 aromatic carbocycles. The number of ether oxygens (including phenoxy) is 2. The van der Waals surface area contributed by atoms with Crippen LogP contribution in [-0.4, -0.2) is 57.1 Å². The van der Waals surface area contributed by atoms with E-state index >= 15 is 0 Å². The van der Waals surface area contributed by atoms with Gasteiger partial charge in [0, 0.05) is 59.2 Å². The van der Waals surface area contributed by atoms with Crippen molar-refractivity contribution < 1.29 is 19.1 Å². The number of halogens is 1. The van der Waals surface area contributed by atoms with E-state index in [1.165, 1.54) is 0 Å². The predicted molar refractivity (Wildman–Crippen MR) is 136 cm³/mol. The van der Waals surface area contributed by atoms with Crippen LogP contribution in [0.25, 0.3) is 0 Å². The van der Waals surface area contributed by atoms with Gasteiger partial charge in [0.05, 0.1) is 14.2 Å². The third-order valence-corrected chi connectivity index (χ3v) is 6.24. The Morgan fingerprint density at radius 3 is 2.06 bits per heavy atom. The quantitative estimate of drug-likeness (QED) is 0.507. The summed E-state index contributed by atoms with van der Waals surface area (Å²) in [6.07, 6.45) is 0. The second-order valence-corrected chi connectivity index (χ2v) is 8.81. The van der Waals surface area contributed by atoms with Crippen LogP contribution in [0, 0.1) is 0 Å². The van der Waals surface area contributed by atoms with E-state index in [2.05, 4.69) is 26.1 Å². The van der Waals surface area contributed by atoms with E-state index < -0.39 is 0 Å². The zero-order valence-corrected chi connectivity index (χ0v) is 20.7. The van der Waals surface area contributed by atoms with Crippen LogP contribution in [0.5, 0.6) is 11.5 Å². The van der Waals surface area contributed by atoms with Crippen molar-refractivity contribution in [3.05, 3.63) is 82.3 Å². The number of anilines is 2. The monoisotopic (exact) mass is 523 g/mol. The van der Waals surface area contributed by atoms with E-state index in [1.807, 2.05) is 41.3 Å². The topological polar surface area (TPSA) is 71.1 Å². The number of methoxy groups -OCH3 is 2. The Hall–Kier alpha value is -3.52. The Balaban J connectivity index is 1.35. The van der Waals surface area contributed by atoms with E-state index in [1.54, 1.807) is 44.6 Å². The maximum absolute atomic E-state index is 13.0. The summed E-state index contributed by atoms with van der Waals surface area (Å²) in [7, 11) is 3.14. The normalized spacial score (nSPS) is 13.4. The van der Waals surface area contributed by atoms with Crippen LogP contribution in [-0.2, 0) is 0 Å². The van der Waals surface area contributed by atoms with Crippen LogP contribution in [0.15, 0.2) is 71.2 Å². The molecular weight excluding hydrogens is 498 g/mol. The lowest BCUT2D eigenvalue weighted by Crippen LogP contribution is -2.48.